The summed E-state index contributed by atoms with van der Waals surface area (Å²) in [7, 11) is -3.90. The van der Waals surface area contributed by atoms with E-state index in [0.717, 1.165) is 18.6 Å². The molecule has 0 aliphatic heterocycles. The Kier molecular flexibility index (Phi) is 5.02. The van der Waals surface area contributed by atoms with Crippen LogP contribution >= 0.6 is 0 Å². The number of carboxylic acids is 1. The van der Waals surface area contributed by atoms with Crippen molar-refractivity contribution >= 4 is 16.0 Å². The fraction of sp³-hybridized carbons (Fsp3) is 0.417. The average molecular weight is 289 g/mol. The highest BCUT2D eigenvalue weighted by molar-refractivity contribution is 7.89. The standard InChI is InChI=1S/C12H16FNO4S/c1-3-4-5-14-19(17,18)11-7-9(12(15)16)6-10(13)8(11)2/h6-7,14H,3-5H2,1-2H3,(H,15,16). The van der Waals surface area contributed by atoms with Gasteiger partial charge in [0.2, 0.25) is 10.0 Å². The van der Waals surface area contributed by atoms with Crippen LogP contribution in [0.3, 0.4) is 0 Å². The molecular weight excluding hydrogens is 273 g/mol. The van der Waals surface area contributed by atoms with Gasteiger partial charge in [-0.2, -0.15) is 0 Å². The van der Waals surface area contributed by atoms with E-state index in [1.165, 1.54) is 6.92 Å². The quantitative estimate of drug-likeness (QED) is 0.784. The lowest BCUT2D eigenvalue weighted by atomic mass is 10.1. The van der Waals surface area contributed by atoms with Crippen molar-refractivity contribution in [3.8, 4) is 0 Å². The highest BCUT2D eigenvalue weighted by atomic mass is 32.2. The molecule has 1 aromatic rings. The first-order chi connectivity index (χ1) is 8.79. The number of hydrogen-bond donors (Lipinski definition) is 2. The molecule has 0 spiro atoms. The molecular formula is C12H16FNO4S. The fourth-order valence-corrected chi connectivity index (χ4v) is 2.87. The second kappa shape index (κ2) is 6.12. The van der Waals surface area contributed by atoms with Crippen molar-refractivity contribution in [1.82, 2.24) is 4.72 Å². The summed E-state index contributed by atoms with van der Waals surface area (Å²) in [5, 5.41) is 8.82. The number of benzene rings is 1. The van der Waals surface area contributed by atoms with Gasteiger partial charge in [-0.05, 0) is 25.5 Å². The number of nitrogens with one attached hydrogen (secondary N) is 1. The van der Waals surface area contributed by atoms with Crippen LogP contribution in [0, 0.1) is 12.7 Å². The minimum Gasteiger partial charge on any atom is -0.478 e. The molecule has 1 aromatic carbocycles. The van der Waals surface area contributed by atoms with Crippen molar-refractivity contribution in [2.75, 3.05) is 6.54 Å². The molecule has 106 valence electrons. The van der Waals surface area contributed by atoms with Crippen molar-refractivity contribution in [3.05, 3.63) is 29.1 Å². The van der Waals surface area contributed by atoms with Crippen LogP contribution in [-0.4, -0.2) is 26.0 Å². The largest absolute Gasteiger partial charge is 0.478 e. The normalized spacial score (nSPS) is 11.5. The summed E-state index contributed by atoms with van der Waals surface area (Å²) in [6.45, 7) is 3.44. The van der Waals surface area contributed by atoms with Crippen LogP contribution in [0.25, 0.3) is 0 Å². The smallest absolute Gasteiger partial charge is 0.335 e. The van der Waals surface area contributed by atoms with E-state index in [4.69, 9.17) is 5.11 Å². The van der Waals surface area contributed by atoms with Crippen LogP contribution in [0.4, 0.5) is 4.39 Å². The molecule has 0 amide bonds. The second-order valence-corrected chi connectivity index (χ2v) is 5.87. The number of rotatable bonds is 6. The van der Waals surface area contributed by atoms with E-state index in [9.17, 15) is 17.6 Å². The van der Waals surface area contributed by atoms with Gasteiger partial charge in [0, 0.05) is 12.1 Å². The molecule has 0 atom stereocenters. The molecule has 0 radical (unpaired) electrons. The summed E-state index contributed by atoms with van der Waals surface area (Å²) in [5.74, 6) is -2.22. The van der Waals surface area contributed by atoms with E-state index in [1.807, 2.05) is 6.92 Å². The third-order valence-corrected chi connectivity index (χ3v) is 4.24. The minimum absolute atomic E-state index is 0.0889. The Morgan fingerprint density at radius 2 is 2.05 bits per heavy atom. The molecule has 1 rings (SSSR count). The Morgan fingerprint density at radius 3 is 2.58 bits per heavy atom. The Hall–Kier alpha value is -1.47. The fourth-order valence-electron chi connectivity index (χ4n) is 1.52. The van der Waals surface area contributed by atoms with Gasteiger partial charge in [0.15, 0.2) is 0 Å². The van der Waals surface area contributed by atoms with E-state index in [1.54, 1.807) is 0 Å². The molecule has 2 N–H and O–H groups in total. The van der Waals surface area contributed by atoms with Gasteiger partial charge in [-0.25, -0.2) is 22.3 Å². The lowest BCUT2D eigenvalue weighted by Gasteiger charge is -2.10. The van der Waals surface area contributed by atoms with Gasteiger partial charge < -0.3 is 5.11 Å². The first kappa shape index (κ1) is 15.6. The summed E-state index contributed by atoms with van der Waals surface area (Å²) in [6.07, 6.45) is 1.46. The molecule has 0 fully saturated rings. The lowest BCUT2D eigenvalue weighted by molar-refractivity contribution is 0.0696. The van der Waals surface area contributed by atoms with Crippen molar-refractivity contribution in [2.24, 2.45) is 0 Å². The van der Waals surface area contributed by atoms with Crippen LogP contribution in [0.15, 0.2) is 17.0 Å². The third kappa shape index (κ3) is 3.74. The lowest BCUT2D eigenvalue weighted by Crippen LogP contribution is -2.26. The Balaban J connectivity index is 3.21. The molecule has 0 heterocycles. The van der Waals surface area contributed by atoms with Gasteiger partial charge in [0.25, 0.3) is 0 Å². The monoisotopic (exact) mass is 289 g/mol. The zero-order valence-corrected chi connectivity index (χ0v) is 11.6. The molecule has 7 heteroatoms. The topological polar surface area (TPSA) is 83.5 Å². The molecule has 0 aromatic heterocycles. The Morgan fingerprint density at radius 1 is 1.42 bits per heavy atom. The van der Waals surface area contributed by atoms with Gasteiger partial charge in [0.1, 0.15) is 5.82 Å². The SMILES string of the molecule is CCCCNS(=O)(=O)c1cc(C(=O)O)cc(F)c1C. The summed E-state index contributed by atoms with van der Waals surface area (Å²) in [5.41, 5.74) is -0.479. The van der Waals surface area contributed by atoms with Crippen LogP contribution in [0.5, 0.6) is 0 Å². The number of aromatic carboxylic acids is 1. The zero-order chi connectivity index (χ0) is 14.6. The van der Waals surface area contributed by atoms with E-state index in [2.05, 4.69) is 4.72 Å². The number of unbranched alkanes of at least 4 members (excludes halogenated alkanes) is 1. The van der Waals surface area contributed by atoms with Crippen molar-refractivity contribution < 1.29 is 22.7 Å². The molecule has 0 saturated heterocycles. The van der Waals surface area contributed by atoms with Crippen LogP contribution in [0.1, 0.15) is 35.7 Å². The molecule has 0 aliphatic carbocycles. The molecule has 0 bridgehead atoms. The highest BCUT2D eigenvalue weighted by Crippen LogP contribution is 2.20. The molecule has 19 heavy (non-hydrogen) atoms. The maximum absolute atomic E-state index is 13.6. The Labute approximate surface area is 111 Å². The summed E-state index contributed by atoms with van der Waals surface area (Å²) >= 11 is 0. The summed E-state index contributed by atoms with van der Waals surface area (Å²) in [4.78, 5) is 10.5. The molecule has 0 unspecified atom stereocenters. The predicted octanol–water partition coefficient (Wildman–Crippen LogP) is 1.91. The van der Waals surface area contributed by atoms with Gasteiger partial charge in [-0.3, -0.25) is 0 Å². The van der Waals surface area contributed by atoms with Crippen LogP contribution in [0.2, 0.25) is 0 Å². The first-order valence-corrected chi connectivity index (χ1v) is 7.31. The van der Waals surface area contributed by atoms with Crippen LogP contribution in [-0.2, 0) is 10.0 Å². The number of halogens is 1. The highest BCUT2D eigenvalue weighted by Gasteiger charge is 2.21. The minimum atomic E-state index is -3.90. The van der Waals surface area contributed by atoms with E-state index >= 15 is 0 Å². The van der Waals surface area contributed by atoms with Gasteiger partial charge in [-0.15, -0.1) is 0 Å². The average Bonchev–Trinajstić information content (AvgIpc) is 2.32. The van der Waals surface area contributed by atoms with E-state index in [0.29, 0.717) is 6.42 Å². The summed E-state index contributed by atoms with van der Waals surface area (Å²) in [6, 6.07) is 1.78. The number of hydrogen-bond acceptors (Lipinski definition) is 3. The van der Waals surface area contributed by atoms with E-state index < -0.39 is 21.8 Å². The predicted molar refractivity (Wildman–Crippen MR) is 68.2 cm³/mol. The zero-order valence-electron chi connectivity index (χ0n) is 10.7. The maximum atomic E-state index is 13.6. The van der Waals surface area contributed by atoms with Gasteiger partial charge in [0.05, 0.1) is 10.5 Å². The van der Waals surface area contributed by atoms with E-state index in [-0.39, 0.29) is 22.6 Å². The Bertz CT molecular complexity index is 584. The molecule has 0 aliphatic rings. The van der Waals surface area contributed by atoms with Gasteiger partial charge >= 0.3 is 5.97 Å². The molecule has 5 nitrogen and oxygen atoms in total. The number of carboxylic acid groups (broad SMARTS) is 1. The van der Waals surface area contributed by atoms with Crippen molar-refractivity contribution in [2.45, 2.75) is 31.6 Å². The van der Waals surface area contributed by atoms with Gasteiger partial charge in [-0.1, -0.05) is 13.3 Å². The second-order valence-electron chi connectivity index (χ2n) is 4.14. The van der Waals surface area contributed by atoms with Crippen molar-refractivity contribution in [1.29, 1.82) is 0 Å². The number of carbonyl (C=O) groups is 1. The van der Waals surface area contributed by atoms with Crippen LogP contribution < -0.4 is 4.72 Å². The maximum Gasteiger partial charge on any atom is 0.335 e. The molecule has 0 saturated carbocycles. The third-order valence-electron chi connectivity index (χ3n) is 2.66. The summed E-state index contributed by atoms with van der Waals surface area (Å²) < 4.78 is 39.9. The first-order valence-electron chi connectivity index (χ1n) is 5.82. The van der Waals surface area contributed by atoms with Crippen molar-refractivity contribution in [3.63, 3.8) is 0 Å². The number of sulfonamides is 1.